The molecule has 1 heterocycles. The largest absolute Gasteiger partial charge is 0.445 e. The van der Waals surface area contributed by atoms with Gasteiger partial charge in [-0.1, -0.05) is 36.4 Å². The molecule has 2 aromatic carbocycles. The minimum Gasteiger partial charge on any atom is -0.445 e. The van der Waals surface area contributed by atoms with Crippen LogP contribution in [0.25, 0.3) is 11.1 Å². The zero-order valence-corrected chi connectivity index (χ0v) is 13.3. The molecular weight excluding hydrogens is 308 g/mol. The van der Waals surface area contributed by atoms with E-state index in [-0.39, 0.29) is 12.4 Å². The number of aromatic nitrogens is 1. The zero-order valence-electron chi connectivity index (χ0n) is 13.3. The fourth-order valence-corrected chi connectivity index (χ4v) is 2.42. The Morgan fingerprint density at radius 1 is 1.17 bits per heavy atom. The van der Waals surface area contributed by atoms with E-state index in [1.807, 2.05) is 48.5 Å². The van der Waals surface area contributed by atoms with E-state index >= 15 is 0 Å². The highest BCUT2D eigenvalue weighted by Gasteiger charge is 2.07. The molecule has 1 N–H and O–H groups in total. The average molecular weight is 326 g/mol. The Bertz CT molecular complexity index is 896. The number of carbonyl (C=O) groups excluding carboxylic acids is 1. The molecule has 0 unspecified atom stereocenters. The molecule has 3 rings (SSSR count). The summed E-state index contributed by atoms with van der Waals surface area (Å²) in [4.78, 5) is 23.1. The molecule has 0 aliphatic heterocycles. The van der Waals surface area contributed by atoms with Gasteiger partial charge in [0.05, 0.1) is 5.52 Å². The number of carbonyl (C=O) groups is 1. The molecular formula is C18H18N2O4. The van der Waals surface area contributed by atoms with Gasteiger partial charge in [-0.05, 0) is 29.7 Å². The van der Waals surface area contributed by atoms with Crippen LogP contribution in [0, 0.1) is 0 Å². The number of aryl methyl sites for hydroxylation is 1. The topological polar surface area (TPSA) is 73.5 Å². The van der Waals surface area contributed by atoms with Crippen LogP contribution in [-0.4, -0.2) is 17.2 Å². The van der Waals surface area contributed by atoms with E-state index < -0.39 is 6.09 Å². The molecule has 0 spiro atoms. The summed E-state index contributed by atoms with van der Waals surface area (Å²) in [5.41, 5.74) is 3.21. The Hall–Kier alpha value is -3.02. The van der Waals surface area contributed by atoms with Crippen LogP contribution < -0.4 is 11.1 Å². The molecule has 0 fully saturated rings. The molecule has 0 saturated carbocycles. The van der Waals surface area contributed by atoms with E-state index in [2.05, 4.69) is 5.32 Å². The second kappa shape index (κ2) is 7.04. The molecule has 0 aliphatic rings. The van der Waals surface area contributed by atoms with Gasteiger partial charge in [-0.2, -0.15) is 0 Å². The third kappa shape index (κ3) is 3.65. The number of benzene rings is 2. The summed E-state index contributed by atoms with van der Waals surface area (Å²) in [6.45, 7) is 0.685. The zero-order chi connectivity index (χ0) is 16.9. The lowest BCUT2D eigenvalue weighted by Gasteiger charge is -2.07. The van der Waals surface area contributed by atoms with Gasteiger partial charge in [0.2, 0.25) is 0 Å². The van der Waals surface area contributed by atoms with E-state index in [4.69, 9.17) is 9.15 Å². The van der Waals surface area contributed by atoms with Gasteiger partial charge in [-0.3, -0.25) is 4.57 Å². The Kier molecular flexibility index (Phi) is 4.65. The third-order valence-electron chi connectivity index (χ3n) is 3.75. The second-order valence-corrected chi connectivity index (χ2v) is 5.47. The van der Waals surface area contributed by atoms with Crippen molar-refractivity contribution in [3.8, 4) is 0 Å². The van der Waals surface area contributed by atoms with Crippen LogP contribution in [0.2, 0.25) is 0 Å². The normalized spacial score (nSPS) is 10.7. The number of rotatable bonds is 5. The molecule has 1 aromatic heterocycles. The highest BCUT2D eigenvalue weighted by Crippen LogP contribution is 2.14. The number of hydrogen-bond acceptors (Lipinski definition) is 4. The third-order valence-corrected chi connectivity index (χ3v) is 3.75. The van der Waals surface area contributed by atoms with Crippen molar-refractivity contribution in [1.82, 2.24) is 9.88 Å². The fraction of sp³-hybridized carbons (Fsp3) is 0.222. The first-order valence-electron chi connectivity index (χ1n) is 7.66. The van der Waals surface area contributed by atoms with Crippen LogP contribution in [0.3, 0.4) is 0 Å². The molecule has 0 saturated heterocycles. The number of nitrogens with one attached hydrogen (secondary N) is 1. The summed E-state index contributed by atoms with van der Waals surface area (Å²) in [6, 6.07) is 15.1. The van der Waals surface area contributed by atoms with Gasteiger partial charge in [0.25, 0.3) is 0 Å². The molecule has 0 atom stereocenters. The van der Waals surface area contributed by atoms with Gasteiger partial charge in [-0.25, -0.2) is 9.59 Å². The number of amides is 1. The minimum atomic E-state index is -0.453. The molecule has 1 amide bonds. The lowest BCUT2D eigenvalue weighted by Crippen LogP contribution is -2.26. The van der Waals surface area contributed by atoms with E-state index in [0.29, 0.717) is 18.5 Å². The number of fused-ring (bicyclic) bond motifs is 1. The van der Waals surface area contributed by atoms with Gasteiger partial charge < -0.3 is 14.5 Å². The lowest BCUT2D eigenvalue weighted by molar-refractivity contribution is 0.140. The van der Waals surface area contributed by atoms with Crippen molar-refractivity contribution in [1.29, 1.82) is 0 Å². The van der Waals surface area contributed by atoms with Crippen molar-refractivity contribution < 1.29 is 13.9 Å². The minimum absolute atomic E-state index is 0.244. The van der Waals surface area contributed by atoms with Gasteiger partial charge in [0, 0.05) is 13.6 Å². The standard InChI is InChI=1S/C18H18N2O4/c1-20-15-8-7-13(11-16(15)24-18(20)22)9-10-19-17(21)23-12-14-5-3-2-4-6-14/h2-8,11H,9-10,12H2,1H3,(H,19,21). The van der Waals surface area contributed by atoms with Crippen LogP contribution in [-0.2, 0) is 24.8 Å². The van der Waals surface area contributed by atoms with Gasteiger partial charge >= 0.3 is 11.8 Å². The number of nitrogens with zero attached hydrogens (tertiary/aromatic N) is 1. The summed E-state index contributed by atoms with van der Waals surface area (Å²) in [6.07, 6.45) is 0.167. The van der Waals surface area contributed by atoms with Crippen molar-refractivity contribution in [2.45, 2.75) is 13.0 Å². The maximum absolute atomic E-state index is 11.7. The van der Waals surface area contributed by atoms with Crippen LogP contribution in [0.4, 0.5) is 4.79 Å². The van der Waals surface area contributed by atoms with Crippen LogP contribution >= 0.6 is 0 Å². The summed E-state index contributed by atoms with van der Waals surface area (Å²) >= 11 is 0. The number of alkyl carbamates (subject to hydrolysis) is 1. The molecule has 0 aliphatic carbocycles. The highest BCUT2D eigenvalue weighted by atomic mass is 16.5. The first-order valence-corrected chi connectivity index (χ1v) is 7.66. The highest BCUT2D eigenvalue weighted by molar-refractivity contribution is 5.73. The predicted molar refractivity (Wildman–Crippen MR) is 89.8 cm³/mol. The maximum Gasteiger partial charge on any atom is 0.419 e. The van der Waals surface area contributed by atoms with Crippen molar-refractivity contribution in [2.24, 2.45) is 7.05 Å². The quantitative estimate of drug-likeness (QED) is 0.782. The van der Waals surface area contributed by atoms with Crippen LogP contribution in [0.5, 0.6) is 0 Å². The summed E-state index contributed by atoms with van der Waals surface area (Å²) in [5.74, 6) is -0.384. The van der Waals surface area contributed by atoms with E-state index in [1.54, 1.807) is 7.05 Å². The van der Waals surface area contributed by atoms with Crippen molar-refractivity contribution in [3.05, 3.63) is 70.2 Å². The number of oxazole rings is 1. The molecule has 6 heteroatoms. The SMILES string of the molecule is Cn1c(=O)oc2cc(CCNC(=O)OCc3ccccc3)ccc21. The van der Waals surface area contributed by atoms with Crippen LogP contribution in [0.15, 0.2) is 57.7 Å². The smallest absolute Gasteiger partial charge is 0.419 e. The summed E-state index contributed by atoms with van der Waals surface area (Å²) in [5, 5.41) is 2.71. The van der Waals surface area contributed by atoms with Crippen LogP contribution in [0.1, 0.15) is 11.1 Å². The van der Waals surface area contributed by atoms with E-state index in [9.17, 15) is 9.59 Å². The van der Waals surface area contributed by atoms with Crippen molar-refractivity contribution >= 4 is 17.2 Å². The fourth-order valence-electron chi connectivity index (χ4n) is 2.42. The molecule has 0 radical (unpaired) electrons. The number of hydrogen-bond donors (Lipinski definition) is 1. The second-order valence-electron chi connectivity index (χ2n) is 5.47. The van der Waals surface area contributed by atoms with Crippen molar-refractivity contribution in [2.75, 3.05) is 6.54 Å². The number of ether oxygens (including phenoxy) is 1. The van der Waals surface area contributed by atoms with Gasteiger partial charge in [0.1, 0.15) is 6.61 Å². The van der Waals surface area contributed by atoms with Gasteiger partial charge in [0.15, 0.2) is 5.58 Å². The molecule has 24 heavy (non-hydrogen) atoms. The molecule has 3 aromatic rings. The summed E-state index contributed by atoms with van der Waals surface area (Å²) < 4.78 is 11.7. The Morgan fingerprint density at radius 3 is 2.75 bits per heavy atom. The Morgan fingerprint density at radius 2 is 1.96 bits per heavy atom. The van der Waals surface area contributed by atoms with Crippen molar-refractivity contribution in [3.63, 3.8) is 0 Å². The Balaban J connectivity index is 1.49. The van der Waals surface area contributed by atoms with Gasteiger partial charge in [-0.15, -0.1) is 0 Å². The summed E-state index contributed by atoms with van der Waals surface area (Å²) in [7, 11) is 1.66. The molecule has 0 bridgehead atoms. The lowest BCUT2D eigenvalue weighted by atomic mass is 10.1. The van der Waals surface area contributed by atoms with E-state index in [0.717, 1.165) is 16.6 Å². The average Bonchev–Trinajstić information content (AvgIpc) is 2.88. The first-order chi connectivity index (χ1) is 11.6. The molecule has 6 nitrogen and oxygen atoms in total. The monoisotopic (exact) mass is 326 g/mol. The predicted octanol–water partition coefficient (Wildman–Crippen LogP) is 2.60. The Labute approximate surface area is 138 Å². The molecule has 124 valence electrons. The first kappa shape index (κ1) is 15.9. The van der Waals surface area contributed by atoms with E-state index in [1.165, 1.54) is 4.57 Å². The maximum atomic E-state index is 11.7.